The molecule has 0 aliphatic carbocycles. The Kier molecular flexibility index (Phi) is 6.27. The highest BCUT2D eigenvalue weighted by Gasteiger charge is 2.21. The number of phenols is 4. The summed E-state index contributed by atoms with van der Waals surface area (Å²) in [6.07, 6.45) is 2.60. The van der Waals surface area contributed by atoms with E-state index in [0.717, 1.165) is 6.08 Å². The lowest BCUT2D eigenvalue weighted by molar-refractivity contribution is -0.144. The summed E-state index contributed by atoms with van der Waals surface area (Å²) in [4.78, 5) is 24.0. The predicted octanol–water partition coefficient (Wildman–Crippen LogP) is 1.42. The van der Waals surface area contributed by atoms with E-state index in [-0.39, 0.29) is 29.4 Å². The van der Waals surface area contributed by atoms with Gasteiger partial charge < -0.3 is 30.5 Å². The lowest BCUT2D eigenvalue weighted by Gasteiger charge is -2.16. The lowest BCUT2D eigenvalue weighted by atomic mass is 10.1. The van der Waals surface area contributed by atoms with E-state index in [2.05, 4.69) is 10.1 Å². The molecule has 0 aromatic heterocycles. The number of ether oxygens (including phenoxy) is 1. The summed E-state index contributed by atoms with van der Waals surface area (Å²) < 4.78 is 4.68. The van der Waals surface area contributed by atoms with E-state index in [4.69, 9.17) is 0 Å². The van der Waals surface area contributed by atoms with E-state index >= 15 is 0 Å². The second-order valence-electron chi connectivity index (χ2n) is 5.69. The van der Waals surface area contributed by atoms with Crippen LogP contribution in [0.1, 0.15) is 11.1 Å². The number of hydrogen-bond acceptors (Lipinski definition) is 7. The van der Waals surface area contributed by atoms with Crippen molar-refractivity contribution in [2.24, 2.45) is 0 Å². The highest BCUT2D eigenvalue weighted by Crippen LogP contribution is 2.26. The molecule has 0 spiro atoms. The van der Waals surface area contributed by atoms with Crippen molar-refractivity contribution in [2.75, 3.05) is 7.11 Å². The molecule has 2 rings (SSSR count). The van der Waals surface area contributed by atoms with Crippen LogP contribution in [-0.2, 0) is 20.7 Å². The van der Waals surface area contributed by atoms with Crippen LogP contribution >= 0.6 is 0 Å². The Balaban J connectivity index is 2.09. The molecule has 2 aromatic rings. The Labute approximate surface area is 155 Å². The van der Waals surface area contributed by atoms with E-state index in [1.807, 2.05) is 0 Å². The van der Waals surface area contributed by atoms with Crippen molar-refractivity contribution in [2.45, 2.75) is 12.5 Å². The largest absolute Gasteiger partial charge is 0.504 e. The topological polar surface area (TPSA) is 136 Å². The van der Waals surface area contributed by atoms with Gasteiger partial charge in [-0.2, -0.15) is 0 Å². The van der Waals surface area contributed by atoms with Gasteiger partial charge in [-0.25, -0.2) is 4.79 Å². The van der Waals surface area contributed by atoms with Crippen LogP contribution in [0.15, 0.2) is 42.5 Å². The van der Waals surface area contributed by atoms with E-state index in [1.54, 1.807) is 0 Å². The zero-order chi connectivity index (χ0) is 20.0. The van der Waals surface area contributed by atoms with Gasteiger partial charge >= 0.3 is 5.97 Å². The highest BCUT2D eigenvalue weighted by molar-refractivity contribution is 5.94. The maximum Gasteiger partial charge on any atom is 0.328 e. The zero-order valence-corrected chi connectivity index (χ0v) is 14.4. The molecule has 0 radical (unpaired) electrons. The minimum atomic E-state index is -1.01. The van der Waals surface area contributed by atoms with Crippen LogP contribution in [0.5, 0.6) is 23.0 Å². The Morgan fingerprint density at radius 2 is 1.63 bits per heavy atom. The van der Waals surface area contributed by atoms with Crippen molar-refractivity contribution in [1.82, 2.24) is 5.32 Å². The van der Waals surface area contributed by atoms with Gasteiger partial charge in [0.15, 0.2) is 23.0 Å². The predicted molar refractivity (Wildman–Crippen MR) is 96.2 cm³/mol. The number of nitrogens with one attached hydrogen (secondary N) is 1. The molecule has 8 heteroatoms. The first-order chi connectivity index (χ1) is 12.8. The molecule has 0 aliphatic rings. The molecule has 2 aromatic carbocycles. The molecule has 0 aliphatic heterocycles. The Morgan fingerprint density at radius 3 is 2.22 bits per heavy atom. The molecule has 0 saturated heterocycles. The summed E-state index contributed by atoms with van der Waals surface area (Å²) in [5, 5.41) is 40.1. The first-order valence-electron chi connectivity index (χ1n) is 7.89. The number of amides is 1. The van der Waals surface area contributed by atoms with Crippen molar-refractivity contribution in [3.05, 3.63) is 53.6 Å². The molecule has 1 amide bonds. The van der Waals surface area contributed by atoms with Crippen molar-refractivity contribution >= 4 is 18.0 Å². The highest BCUT2D eigenvalue weighted by atomic mass is 16.5. The normalized spacial score (nSPS) is 11.9. The van der Waals surface area contributed by atoms with Crippen LogP contribution in [0, 0.1) is 0 Å². The third kappa shape index (κ3) is 5.40. The fourth-order valence-electron chi connectivity index (χ4n) is 2.30. The monoisotopic (exact) mass is 373 g/mol. The van der Waals surface area contributed by atoms with Crippen LogP contribution in [0.25, 0.3) is 6.08 Å². The third-order valence-electron chi connectivity index (χ3n) is 3.71. The molecule has 0 unspecified atom stereocenters. The number of methoxy groups -OCH3 is 1. The van der Waals surface area contributed by atoms with Gasteiger partial charge in [-0.1, -0.05) is 12.1 Å². The van der Waals surface area contributed by atoms with Gasteiger partial charge in [-0.05, 0) is 41.5 Å². The van der Waals surface area contributed by atoms with Crippen LogP contribution < -0.4 is 5.32 Å². The Morgan fingerprint density at radius 1 is 1.00 bits per heavy atom. The van der Waals surface area contributed by atoms with Crippen molar-refractivity contribution in [3.8, 4) is 23.0 Å². The number of rotatable bonds is 6. The molecular formula is C19H19NO7. The van der Waals surface area contributed by atoms with E-state index < -0.39 is 17.9 Å². The Bertz CT molecular complexity index is 876. The zero-order valence-electron chi connectivity index (χ0n) is 14.4. The van der Waals surface area contributed by atoms with Gasteiger partial charge in [0, 0.05) is 12.5 Å². The minimum absolute atomic E-state index is 0.0418. The molecule has 142 valence electrons. The molecular weight excluding hydrogens is 354 g/mol. The first kappa shape index (κ1) is 19.6. The second-order valence-corrected chi connectivity index (χ2v) is 5.69. The second kappa shape index (κ2) is 8.61. The molecule has 27 heavy (non-hydrogen) atoms. The smallest absolute Gasteiger partial charge is 0.328 e. The summed E-state index contributed by atoms with van der Waals surface area (Å²) >= 11 is 0. The molecule has 1 atom stereocenters. The summed E-state index contributed by atoms with van der Waals surface area (Å²) in [7, 11) is 1.19. The van der Waals surface area contributed by atoms with Gasteiger partial charge in [0.25, 0.3) is 0 Å². The van der Waals surface area contributed by atoms with Crippen molar-refractivity contribution in [3.63, 3.8) is 0 Å². The quantitative estimate of drug-likeness (QED) is 0.293. The summed E-state index contributed by atoms with van der Waals surface area (Å²) in [5.74, 6) is -2.49. The molecule has 0 saturated carbocycles. The summed E-state index contributed by atoms with van der Waals surface area (Å²) in [6.45, 7) is 0. The maximum absolute atomic E-state index is 12.1. The molecule has 8 nitrogen and oxygen atoms in total. The molecule has 0 fully saturated rings. The van der Waals surface area contributed by atoms with E-state index in [9.17, 15) is 30.0 Å². The number of carbonyl (C=O) groups excluding carboxylic acids is 2. The van der Waals surface area contributed by atoms with Gasteiger partial charge in [0.05, 0.1) is 7.11 Å². The third-order valence-corrected chi connectivity index (χ3v) is 3.71. The summed E-state index contributed by atoms with van der Waals surface area (Å²) in [6, 6.07) is 7.11. The fraction of sp³-hybridized carbons (Fsp3) is 0.158. The number of phenolic OH excluding ortho intramolecular Hbond substituents is 4. The van der Waals surface area contributed by atoms with Crippen LogP contribution in [-0.4, -0.2) is 45.5 Å². The number of carbonyl (C=O) groups is 2. The number of esters is 1. The molecule has 0 bridgehead atoms. The van der Waals surface area contributed by atoms with Crippen LogP contribution in [0.3, 0.4) is 0 Å². The van der Waals surface area contributed by atoms with Crippen molar-refractivity contribution < 1.29 is 34.8 Å². The summed E-state index contributed by atoms with van der Waals surface area (Å²) in [5.41, 5.74) is 0.979. The number of benzene rings is 2. The van der Waals surface area contributed by atoms with Gasteiger partial charge in [-0.15, -0.1) is 0 Å². The SMILES string of the molecule is COC(=O)[C@@H](Cc1ccc(O)c(O)c1)NC(=O)/C=C/c1ccc(O)c(O)c1. The number of aromatic hydroxyl groups is 4. The molecule has 0 heterocycles. The number of hydrogen-bond donors (Lipinski definition) is 5. The van der Waals surface area contributed by atoms with E-state index in [0.29, 0.717) is 11.1 Å². The van der Waals surface area contributed by atoms with E-state index in [1.165, 1.54) is 49.6 Å². The fourth-order valence-corrected chi connectivity index (χ4v) is 2.30. The van der Waals surface area contributed by atoms with Gasteiger partial charge in [-0.3, -0.25) is 4.79 Å². The Hall–Kier alpha value is -3.68. The van der Waals surface area contributed by atoms with Crippen LogP contribution in [0.2, 0.25) is 0 Å². The standard InChI is InChI=1S/C19H19NO7/c1-27-19(26)13(8-12-3-6-15(22)17(24)10-12)20-18(25)7-4-11-2-5-14(21)16(23)9-11/h2-7,9-10,13,21-24H,8H2,1H3,(H,20,25)/b7-4+/t13-/m1/s1. The minimum Gasteiger partial charge on any atom is -0.504 e. The van der Waals surface area contributed by atoms with Crippen LogP contribution in [0.4, 0.5) is 0 Å². The first-order valence-corrected chi connectivity index (χ1v) is 7.89. The average Bonchev–Trinajstić information content (AvgIpc) is 2.64. The maximum atomic E-state index is 12.1. The lowest BCUT2D eigenvalue weighted by Crippen LogP contribution is -2.42. The van der Waals surface area contributed by atoms with Gasteiger partial charge in [0.1, 0.15) is 6.04 Å². The van der Waals surface area contributed by atoms with Gasteiger partial charge in [0.2, 0.25) is 5.91 Å². The van der Waals surface area contributed by atoms with Crippen molar-refractivity contribution in [1.29, 1.82) is 0 Å². The average molecular weight is 373 g/mol. The molecule has 5 N–H and O–H groups in total.